The van der Waals surface area contributed by atoms with Crippen LogP contribution in [0.3, 0.4) is 0 Å². The molecule has 0 spiro atoms. The van der Waals surface area contributed by atoms with Crippen molar-refractivity contribution in [2.45, 2.75) is 0 Å². The van der Waals surface area contributed by atoms with Crippen LogP contribution < -0.4 is 5.32 Å². The van der Waals surface area contributed by atoms with Gasteiger partial charge in [-0.05, 0) is 0 Å². The molecule has 110 valence electrons. The van der Waals surface area contributed by atoms with E-state index in [4.69, 9.17) is 0 Å². The van der Waals surface area contributed by atoms with Gasteiger partial charge in [0.15, 0.2) is 5.82 Å². The van der Waals surface area contributed by atoms with E-state index in [1.54, 1.807) is 0 Å². The molecule has 2 aromatic carbocycles. The third-order valence-electron chi connectivity index (χ3n) is 3.66. The van der Waals surface area contributed by atoms with Crippen LogP contribution in [0.4, 0.5) is 0 Å². The Hall–Kier alpha value is -3.34. The second kappa shape index (κ2) is 5.14. The summed E-state index contributed by atoms with van der Waals surface area (Å²) in [5, 5.41) is 2.29. The maximum Gasteiger partial charge on any atom is 0.277 e. The molecular weight excluding hydrogens is 290 g/mol. The summed E-state index contributed by atoms with van der Waals surface area (Å²) in [4.78, 5) is 33.0. The van der Waals surface area contributed by atoms with E-state index in [-0.39, 0.29) is 11.3 Å². The number of aromatic nitrogens is 2. The average Bonchev–Trinajstić information content (AvgIpc) is 2.90. The predicted molar refractivity (Wildman–Crippen MR) is 84.7 cm³/mol. The SMILES string of the molecule is O=C1NC(=O)c2c1nc(-c1ccccc1)nc2-c1ccccc1. The van der Waals surface area contributed by atoms with E-state index in [1.165, 1.54) is 0 Å². The van der Waals surface area contributed by atoms with Crippen molar-refractivity contribution < 1.29 is 9.59 Å². The van der Waals surface area contributed by atoms with Crippen LogP contribution in [0, 0.1) is 0 Å². The second-order valence-electron chi connectivity index (χ2n) is 5.13. The first-order valence-electron chi connectivity index (χ1n) is 7.12. The molecule has 0 saturated heterocycles. The van der Waals surface area contributed by atoms with Gasteiger partial charge in [-0.25, -0.2) is 9.97 Å². The largest absolute Gasteiger partial charge is 0.287 e. The number of imide groups is 1. The number of hydrogen-bond acceptors (Lipinski definition) is 4. The number of hydrogen-bond donors (Lipinski definition) is 1. The van der Waals surface area contributed by atoms with Gasteiger partial charge in [-0.2, -0.15) is 0 Å². The quantitative estimate of drug-likeness (QED) is 0.739. The van der Waals surface area contributed by atoms with Crippen LogP contribution in [0.15, 0.2) is 60.7 Å². The van der Waals surface area contributed by atoms with E-state index in [0.29, 0.717) is 11.5 Å². The summed E-state index contributed by atoms with van der Waals surface area (Å²) in [6.45, 7) is 0. The molecule has 1 aliphatic rings. The van der Waals surface area contributed by atoms with Crippen LogP contribution in [-0.2, 0) is 0 Å². The molecule has 3 aromatic rings. The zero-order chi connectivity index (χ0) is 15.8. The van der Waals surface area contributed by atoms with Crippen LogP contribution in [0.2, 0.25) is 0 Å². The molecule has 0 fully saturated rings. The lowest BCUT2D eigenvalue weighted by Crippen LogP contribution is -2.20. The Balaban J connectivity index is 2.01. The van der Waals surface area contributed by atoms with Crippen LogP contribution in [0.25, 0.3) is 22.6 Å². The highest BCUT2D eigenvalue weighted by molar-refractivity contribution is 6.23. The molecule has 0 radical (unpaired) electrons. The maximum absolute atomic E-state index is 12.1. The third-order valence-corrected chi connectivity index (χ3v) is 3.66. The van der Waals surface area contributed by atoms with E-state index in [1.807, 2.05) is 60.7 Å². The van der Waals surface area contributed by atoms with Crippen molar-refractivity contribution in [3.63, 3.8) is 0 Å². The van der Waals surface area contributed by atoms with Crippen molar-refractivity contribution >= 4 is 11.8 Å². The summed E-state index contributed by atoms with van der Waals surface area (Å²) in [6, 6.07) is 18.7. The van der Waals surface area contributed by atoms with Crippen LogP contribution in [-0.4, -0.2) is 21.8 Å². The molecule has 2 amide bonds. The van der Waals surface area contributed by atoms with Gasteiger partial charge in [-0.3, -0.25) is 14.9 Å². The molecule has 0 unspecified atom stereocenters. The standard InChI is InChI=1S/C18H11N3O2/c22-17-13-14(11-7-3-1-4-8-11)19-16(12-9-5-2-6-10-12)20-15(13)18(23)21-17/h1-10H,(H,21,22,23). The van der Waals surface area contributed by atoms with Gasteiger partial charge in [0.2, 0.25) is 0 Å². The van der Waals surface area contributed by atoms with Crippen molar-refractivity contribution in [3.8, 4) is 22.6 Å². The molecule has 0 atom stereocenters. The Kier molecular flexibility index (Phi) is 2.98. The molecule has 5 nitrogen and oxygen atoms in total. The molecule has 0 saturated carbocycles. The van der Waals surface area contributed by atoms with E-state index in [0.717, 1.165) is 11.1 Å². The van der Waals surface area contributed by atoms with Crippen molar-refractivity contribution in [2.24, 2.45) is 0 Å². The van der Waals surface area contributed by atoms with Gasteiger partial charge in [-0.15, -0.1) is 0 Å². The lowest BCUT2D eigenvalue weighted by Gasteiger charge is -2.08. The van der Waals surface area contributed by atoms with Gasteiger partial charge in [0.1, 0.15) is 5.69 Å². The molecule has 1 aromatic heterocycles. The predicted octanol–water partition coefficient (Wildman–Crippen LogP) is 2.69. The van der Waals surface area contributed by atoms with Crippen LogP contribution in [0.1, 0.15) is 20.8 Å². The minimum absolute atomic E-state index is 0.128. The zero-order valence-corrected chi connectivity index (χ0v) is 12.0. The van der Waals surface area contributed by atoms with E-state index >= 15 is 0 Å². The molecule has 0 bridgehead atoms. The number of carbonyl (C=O) groups excluding carboxylic acids is 2. The zero-order valence-electron chi connectivity index (χ0n) is 12.0. The minimum Gasteiger partial charge on any atom is -0.287 e. The van der Waals surface area contributed by atoms with Gasteiger partial charge in [0, 0.05) is 11.1 Å². The van der Waals surface area contributed by atoms with Crippen molar-refractivity contribution in [3.05, 3.63) is 71.9 Å². The Morgan fingerprint density at radius 3 is 1.87 bits per heavy atom. The van der Waals surface area contributed by atoms with Gasteiger partial charge in [0.05, 0.1) is 11.3 Å². The third kappa shape index (κ3) is 2.19. The Morgan fingerprint density at radius 2 is 1.22 bits per heavy atom. The summed E-state index contributed by atoms with van der Waals surface area (Å²) in [5.41, 5.74) is 2.40. The summed E-state index contributed by atoms with van der Waals surface area (Å²) in [6.07, 6.45) is 0. The molecule has 1 aliphatic heterocycles. The van der Waals surface area contributed by atoms with Gasteiger partial charge in [0.25, 0.3) is 11.8 Å². The van der Waals surface area contributed by atoms with Crippen LogP contribution in [0.5, 0.6) is 0 Å². The fourth-order valence-electron chi connectivity index (χ4n) is 2.59. The normalized spacial score (nSPS) is 12.9. The number of nitrogens with one attached hydrogen (secondary N) is 1. The fraction of sp³-hybridized carbons (Fsp3) is 0. The molecule has 23 heavy (non-hydrogen) atoms. The van der Waals surface area contributed by atoms with E-state index < -0.39 is 11.8 Å². The summed E-state index contributed by atoms with van der Waals surface area (Å²) in [7, 11) is 0. The molecule has 0 aliphatic carbocycles. The van der Waals surface area contributed by atoms with Crippen molar-refractivity contribution in [1.82, 2.24) is 15.3 Å². The first-order chi connectivity index (χ1) is 11.2. The Bertz CT molecular complexity index is 922. The number of nitrogens with zero attached hydrogens (tertiary/aromatic N) is 2. The highest BCUT2D eigenvalue weighted by Crippen LogP contribution is 2.29. The summed E-state index contributed by atoms with van der Waals surface area (Å²) >= 11 is 0. The highest BCUT2D eigenvalue weighted by atomic mass is 16.2. The van der Waals surface area contributed by atoms with Gasteiger partial charge < -0.3 is 0 Å². The van der Waals surface area contributed by atoms with Gasteiger partial charge >= 0.3 is 0 Å². The fourth-order valence-corrected chi connectivity index (χ4v) is 2.59. The van der Waals surface area contributed by atoms with Crippen LogP contribution >= 0.6 is 0 Å². The number of rotatable bonds is 2. The van der Waals surface area contributed by atoms with Gasteiger partial charge in [-0.1, -0.05) is 60.7 Å². The first-order valence-corrected chi connectivity index (χ1v) is 7.12. The molecule has 2 heterocycles. The monoisotopic (exact) mass is 301 g/mol. The molecule has 4 rings (SSSR count). The summed E-state index contributed by atoms with van der Waals surface area (Å²) < 4.78 is 0. The molecular formula is C18H11N3O2. The topological polar surface area (TPSA) is 72.0 Å². The number of amides is 2. The van der Waals surface area contributed by atoms with E-state index in [9.17, 15) is 9.59 Å². The maximum atomic E-state index is 12.1. The van der Waals surface area contributed by atoms with Crippen molar-refractivity contribution in [2.75, 3.05) is 0 Å². The number of benzene rings is 2. The number of carbonyl (C=O) groups is 2. The summed E-state index contributed by atoms with van der Waals surface area (Å²) in [5.74, 6) is -0.515. The smallest absolute Gasteiger partial charge is 0.277 e. The second-order valence-corrected chi connectivity index (χ2v) is 5.13. The van der Waals surface area contributed by atoms with E-state index in [2.05, 4.69) is 15.3 Å². The Morgan fingerprint density at radius 1 is 0.652 bits per heavy atom. The Labute approximate surface area is 132 Å². The molecule has 1 N–H and O–H groups in total. The first kappa shape index (κ1) is 13.3. The minimum atomic E-state index is -0.484. The van der Waals surface area contributed by atoms with Crippen molar-refractivity contribution in [1.29, 1.82) is 0 Å². The lowest BCUT2D eigenvalue weighted by molar-refractivity contribution is 0.0878. The highest BCUT2D eigenvalue weighted by Gasteiger charge is 2.33. The lowest BCUT2D eigenvalue weighted by atomic mass is 10.0. The number of fused-ring (bicyclic) bond motifs is 1. The average molecular weight is 301 g/mol. The molecule has 5 heteroatoms.